The number of carboxylic acids is 1. The number of amides is 3. The maximum atomic E-state index is 12.9. The van der Waals surface area contributed by atoms with Crippen LogP contribution in [0.25, 0.3) is 0 Å². The van der Waals surface area contributed by atoms with Crippen LogP contribution in [0, 0.1) is 0 Å². The number of likely N-dealkylation sites (tertiary alicyclic amines) is 2. The number of hydrogen-bond donors (Lipinski definition) is 5. The predicted octanol–water partition coefficient (Wildman–Crippen LogP) is -1.24. The molecule has 4 unspecified atom stereocenters. The summed E-state index contributed by atoms with van der Waals surface area (Å²) in [6.45, 7) is 0.729. The Labute approximate surface area is 185 Å². The molecule has 31 heavy (non-hydrogen) atoms. The highest BCUT2D eigenvalue weighted by atomic mass is 32.1. The van der Waals surface area contributed by atoms with Crippen molar-refractivity contribution in [3.63, 3.8) is 0 Å². The smallest absolute Gasteiger partial charge is 0.326 e. The zero-order valence-electron chi connectivity index (χ0n) is 17.1. The Morgan fingerprint density at radius 1 is 1.19 bits per heavy atom. The van der Waals surface area contributed by atoms with Crippen LogP contribution in [-0.2, 0) is 25.6 Å². The highest BCUT2D eigenvalue weighted by molar-refractivity contribution is 7.80. The molecule has 2 fully saturated rings. The number of aromatic amines is 1. The largest absolute Gasteiger partial charge is 0.480 e. The van der Waals surface area contributed by atoms with Gasteiger partial charge >= 0.3 is 5.97 Å². The lowest BCUT2D eigenvalue weighted by Crippen LogP contribution is -2.57. The number of carbonyl (C=O) groups is 4. The lowest BCUT2D eigenvalue weighted by molar-refractivity contribution is -0.149. The number of aromatic nitrogens is 2. The SMILES string of the molecule is NC(Cc1cnc[nH]1)C(=O)N1CCCC1C(=O)NC(CS)C(=O)N1CCCC1C(=O)O. The molecule has 12 heteroatoms. The van der Waals surface area contributed by atoms with Crippen LogP contribution in [0.5, 0.6) is 0 Å². The molecule has 2 saturated heterocycles. The van der Waals surface area contributed by atoms with Crippen molar-refractivity contribution in [2.75, 3.05) is 18.8 Å². The maximum Gasteiger partial charge on any atom is 0.326 e. The van der Waals surface area contributed by atoms with Crippen LogP contribution in [-0.4, -0.2) is 91.6 Å². The number of nitrogens with zero attached hydrogens (tertiary/aromatic N) is 3. The van der Waals surface area contributed by atoms with Gasteiger partial charge in [0.2, 0.25) is 17.7 Å². The van der Waals surface area contributed by atoms with Crippen molar-refractivity contribution < 1.29 is 24.3 Å². The second kappa shape index (κ2) is 10.1. The second-order valence-electron chi connectivity index (χ2n) is 7.85. The number of carboxylic acid groups (broad SMARTS) is 1. The van der Waals surface area contributed by atoms with Gasteiger partial charge in [-0.1, -0.05) is 0 Å². The van der Waals surface area contributed by atoms with Gasteiger partial charge in [0.05, 0.1) is 12.4 Å². The van der Waals surface area contributed by atoms with Crippen molar-refractivity contribution in [2.24, 2.45) is 5.73 Å². The standard InChI is InChI=1S/C19H28N6O5S/c20-12(7-11-8-21-10-22-11)17(27)24-5-1-3-14(24)16(26)23-13(9-31)18(28)25-6-2-4-15(25)19(29)30/h8,10,12-15,31H,1-7,9,20H2,(H,21,22)(H,23,26)(H,29,30). The number of nitrogens with one attached hydrogen (secondary N) is 2. The number of rotatable bonds is 8. The molecule has 5 N–H and O–H groups in total. The molecule has 0 radical (unpaired) electrons. The topological polar surface area (TPSA) is 162 Å². The van der Waals surface area contributed by atoms with Gasteiger partial charge in [0.15, 0.2) is 0 Å². The second-order valence-corrected chi connectivity index (χ2v) is 8.21. The number of hydrogen-bond acceptors (Lipinski definition) is 7. The number of H-pyrrole nitrogens is 1. The Morgan fingerprint density at radius 3 is 2.42 bits per heavy atom. The Bertz CT molecular complexity index is 819. The minimum atomic E-state index is -1.06. The van der Waals surface area contributed by atoms with Crippen molar-refractivity contribution >= 4 is 36.3 Å². The van der Waals surface area contributed by atoms with E-state index in [4.69, 9.17) is 5.73 Å². The Kier molecular flexibility index (Phi) is 7.55. The normalized spacial score (nSPS) is 22.9. The van der Waals surface area contributed by atoms with E-state index in [1.54, 1.807) is 6.20 Å². The number of carbonyl (C=O) groups excluding carboxylic acids is 3. The lowest BCUT2D eigenvalue weighted by Gasteiger charge is -2.30. The van der Waals surface area contributed by atoms with Crippen LogP contribution < -0.4 is 11.1 Å². The van der Waals surface area contributed by atoms with E-state index in [9.17, 15) is 24.3 Å². The molecule has 3 heterocycles. The molecular weight excluding hydrogens is 424 g/mol. The molecule has 1 aromatic rings. The van der Waals surface area contributed by atoms with E-state index in [2.05, 4.69) is 27.9 Å². The van der Waals surface area contributed by atoms with Crippen molar-refractivity contribution in [2.45, 2.75) is 56.3 Å². The van der Waals surface area contributed by atoms with Crippen LogP contribution in [0.3, 0.4) is 0 Å². The van der Waals surface area contributed by atoms with Gasteiger partial charge in [0.25, 0.3) is 0 Å². The van der Waals surface area contributed by atoms with Gasteiger partial charge in [0.1, 0.15) is 18.1 Å². The van der Waals surface area contributed by atoms with Gasteiger partial charge in [-0.3, -0.25) is 14.4 Å². The third-order valence-electron chi connectivity index (χ3n) is 5.77. The van der Waals surface area contributed by atoms with Crippen LogP contribution in [0.2, 0.25) is 0 Å². The summed E-state index contributed by atoms with van der Waals surface area (Å²) in [6.07, 6.45) is 5.45. The fourth-order valence-electron chi connectivity index (χ4n) is 4.18. The molecule has 2 aliphatic rings. The predicted molar refractivity (Wildman–Crippen MR) is 113 cm³/mol. The fourth-order valence-corrected chi connectivity index (χ4v) is 4.42. The van der Waals surface area contributed by atoms with E-state index in [0.29, 0.717) is 38.8 Å². The number of thiol groups is 1. The van der Waals surface area contributed by atoms with Crippen molar-refractivity contribution in [3.8, 4) is 0 Å². The van der Waals surface area contributed by atoms with E-state index >= 15 is 0 Å². The van der Waals surface area contributed by atoms with E-state index in [1.807, 2.05) is 0 Å². The third-order valence-corrected chi connectivity index (χ3v) is 6.13. The molecule has 3 amide bonds. The van der Waals surface area contributed by atoms with Crippen LogP contribution in [0.1, 0.15) is 31.4 Å². The van der Waals surface area contributed by atoms with Gasteiger partial charge in [-0.05, 0) is 25.7 Å². The summed E-state index contributed by atoms with van der Waals surface area (Å²) in [5.74, 6) is -2.31. The minimum absolute atomic E-state index is 0.0212. The Balaban J connectivity index is 1.62. The molecule has 0 saturated carbocycles. The summed E-state index contributed by atoms with van der Waals surface area (Å²) in [7, 11) is 0. The average Bonchev–Trinajstić information content (AvgIpc) is 3.51. The fraction of sp³-hybridized carbons (Fsp3) is 0.632. The first-order valence-corrected chi connectivity index (χ1v) is 10.9. The zero-order chi connectivity index (χ0) is 22.5. The third kappa shape index (κ3) is 5.18. The highest BCUT2D eigenvalue weighted by Crippen LogP contribution is 2.21. The number of aliphatic carboxylic acids is 1. The van der Waals surface area contributed by atoms with E-state index in [0.717, 1.165) is 5.69 Å². The minimum Gasteiger partial charge on any atom is -0.480 e. The molecule has 4 atom stereocenters. The summed E-state index contributed by atoms with van der Waals surface area (Å²) in [6, 6.07) is -3.41. The monoisotopic (exact) mass is 452 g/mol. The molecule has 0 spiro atoms. The highest BCUT2D eigenvalue weighted by Gasteiger charge is 2.40. The van der Waals surface area contributed by atoms with Gasteiger partial charge in [-0.15, -0.1) is 0 Å². The molecule has 1 aromatic heterocycles. The molecule has 11 nitrogen and oxygen atoms in total. The van der Waals surface area contributed by atoms with Crippen LogP contribution in [0.15, 0.2) is 12.5 Å². The molecule has 170 valence electrons. The van der Waals surface area contributed by atoms with E-state index in [-0.39, 0.29) is 18.1 Å². The molecule has 3 rings (SSSR count). The van der Waals surface area contributed by atoms with Crippen molar-refractivity contribution in [1.82, 2.24) is 25.1 Å². The van der Waals surface area contributed by atoms with Gasteiger partial charge in [-0.25, -0.2) is 9.78 Å². The Hall–Kier alpha value is -2.60. The summed E-state index contributed by atoms with van der Waals surface area (Å²) < 4.78 is 0. The lowest BCUT2D eigenvalue weighted by atomic mass is 10.1. The molecule has 0 aromatic carbocycles. The van der Waals surface area contributed by atoms with Gasteiger partial charge < -0.3 is 30.9 Å². The summed E-state index contributed by atoms with van der Waals surface area (Å²) >= 11 is 4.17. The van der Waals surface area contributed by atoms with E-state index < -0.39 is 42.0 Å². The quantitative estimate of drug-likeness (QED) is 0.308. The first kappa shape index (κ1) is 23.1. The Morgan fingerprint density at radius 2 is 1.84 bits per heavy atom. The average molecular weight is 453 g/mol. The van der Waals surface area contributed by atoms with Gasteiger partial charge in [-0.2, -0.15) is 12.6 Å². The van der Waals surface area contributed by atoms with Crippen molar-refractivity contribution in [3.05, 3.63) is 18.2 Å². The van der Waals surface area contributed by atoms with Crippen molar-refractivity contribution in [1.29, 1.82) is 0 Å². The number of imidazole rings is 1. The molecule has 0 bridgehead atoms. The van der Waals surface area contributed by atoms with E-state index in [1.165, 1.54) is 16.1 Å². The van der Waals surface area contributed by atoms with Crippen LogP contribution >= 0.6 is 12.6 Å². The molecule has 0 aliphatic carbocycles. The van der Waals surface area contributed by atoms with Gasteiger partial charge in [0, 0.05) is 37.2 Å². The molecule has 2 aliphatic heterocycles. The maximum absolute atomic E-state index is 12.9. The van der Waals surface area contributed by atoms with Crippen LogP contribution in [0.4, 0.5) is 0 Å². The first-order valence-electron chi connectivity index (χ1n) is 10.3. The number of nitrogens with two attached hydrogens (primary N) is 1. The summed E-state index contributed by atoms with van der Waals surface area (Å²) in [5, 5.41) is 12.0. The summed E-state index contributed by atoms with van der Waals surface area (Å²) in [5.41, 5.74) is 6.78. The first-order chi connectivity index (χ1) is 14.8. The molecular formula is C19H28N6O5S. The summed E-state index contributed by atoms with van der Waals surface area (Å²) in [4.78, 5) is 59.5. The zero-order valence-corrected chi connectivity index (χ0v) is 18.0.